The van der Waals surface area contributed by atoms with E-state index < -0.39 is 0 Å². The first-order chi connectivity index (χ1) is 11.0. The zero-order valence-corrected chi connectivity index (χ0v) is 13.5. The number of Topliss-reactive ketones (excluding diaryl/α,β-unsaturated/α-hetero) is 1. The van der Waals surface area contributed by atoms with Crippen molar-refractivity contribution >= 4 is 17.4 Å². The first-order valence-corrected chi connectivity index (χ1v) is 8.10. The van der Waals surface area contributed by atoms with Gasteiger partial charge < -0.3 is 20.3 Å². The molecule has 23 heavy (non-hydrogen) atoms. The maximum atomic E-state index is 12.2. The molecule has 6 heteroatoms. The molecule has 1 amide bonds. The minimum absolute atomic E-state index is 0.0178. The Morgan fingerprint density at radius 1 is 1.30 bits per heavy atom. The van der Waals surface area contributed by atoms with Gasteiger partial charge in [0.15, 0.2) is 12.4 Å². The summed E-state index contributed by atoms with van der Waals surface area (Å²) >= 11 is 0. The molecule has 6 nitrogen and oxygen atoms in total. The molecular formula is C17H23N3O3. The second kappa shape index (κ2) is 6.68. The SMILES string of the molecule is CC(=O)c1ccc2c(c1)N(CCN1CCC(N)CC1)C(=O)CO2. The lowest BCUT2D eigenvalue weighted by atomic mass is 10.1. The second-order valence-corrected chi connectivity index (χ2v) is 6.25. The Bertz CT molecular complexity index is 609. The molecule has 1 saturated heterocycles. The summed E-state index contributed by atoms with van der Waals surface area (Å²) < 4.78 is 5.47. The number of hydrogen-bond donors (Lipinski definition) is 1. The van der Waals surface area contributed by atoms with E-state index in [-0.39, 0.29) is 18.3 Å². The fraction of sp³-hybridized carbons (Fsp3) is 0.529. The van der Waals surface area contributed by atoms with Crippen LogP contribution in [0.3, 0.4) is 0 Å². The highest BCUT2D eigenvalue weighted by Gasteiger charge is 2.27. The van der Waals surface area contributed by atoms with Gasteiger partial charge in [0.25, 0.3) is 5.91 Å². The van der Waals surface area contributed by atoms with Crippen molar-refractivity contribution in [1.29, 1.82) is 0 Å². The smallest absolute Gasteiger partial charge is 0.265 e. The van der Waals surface area contributed by atoms with E-state index in [0.29, 0.717) is 29.6 Å². The number of carbonyl (C=O) groups excluding carboxylic acids is 2. The Balaban J connectivity index is 1.73. The molecule has 1 aromatic carbocycles. The van der Waals surface area contributed by atoms with Crippen LogP contribution in [0.1, 0.15) is 30.1 Å². The summed E-state index contributed by atoms with van der Waals surface area (Å²) in [6.45, 7) is 4.93. The van der Waals surface area contributed by atoms with E-state index in [0.717, 1.165) is 32.5 Å². The highest BCUT2D eigenvalue weighted by atomic mass is 16.5. The van der Waals surface area contributed by atoms with E-state index in [1.54, 1.807) is 23.1 Å². The highest BCUT2D eigenvalue weighted by molar-refractivity contribution is 6.01. The van der Waals surface area contributed by atoms with Crippen molar-refractivity contribution in [2.45, 2.75) is 25.8 Å². The topological polar surface area (TPSA) is 75.9 Å². The monoisotopic (exact) mass is 317 g/mol. The molecule has 1 fully saturated rings. The van der Waals surface area contributed by atoms with E-state index in [1.807, 2.05) is 0 Å². The van der Waals surface area contributed by atoms with Gasteiger partial charge in [-0.1, -0.05) is 0 Å². The van der Waals surface area contributed by atoms with E-state index in [9.17, 15) is 9.59 Å². The number of nitrogens with zero attached hydrogens (tertiary/aromatic N) is 2. The Kier molecular flexibility index (Phi) is 4.63. The summed E-state index contributed by atoms with van der Waals surface area (Å²) in [5.74, 6) is 0.581. The summed E-state index contributed by atoms with van der Waals surface area (Å²) in [5, 5.41) is 0. The van der Waals surface area contributed by atoms with Crippen molar-refractivity contribution in [3.8, 4) is 5.75 Å². The highest BCUT2D eigenvalue weighted by Crippen LogP contribution is 2.33. The van der Waals surface area contributed by atoms with Crippen molar-refractivity contribution in [3.05, 3.63) is 23.8 Å². The summed E-state index contributed by atoms with van der Waals surface area (Å²) in [4.78, 5) is 27.9. The summed E-state index contributed by atoms with van der Waals surface area (Å²) in [6, 6.07) is 5.56. The predicted octanol–water partition coefficient (Wildman–Crippen LogP) is 1.04. The lowest BCUT2D eigenvalue weighted by Crippen LogP contribution is -2.46. The Morgan fingerprint density at radius 3 is 2.74 bits per heavy atom. The Labute approximate surface area is 136 Å². The van der Waals surface area contributed by atoms with E-state index in [2.05, 4.69) is 4.90 Å². The first-order valence-electron chi connectivity index (χ1n) is 8.10. The summed E-state index contributed by atoms with van der Waals surface area (Å²) in [6.07, 6.45) is 2.00. The number of anilines is 1. The molecule has 0 aliphatic carbocycles. The van der Waals surface area contributed by atoms with Crippen molar-refractivity contribution in [3.63, 3.8) is 0 Å². The van der Waals surface area contributed by atoms with Crippen LogP contribution in [0.4, 0.5) is 5.69 Å². The van der Waals surface area contributed by atoms with Crippen molar-refractivity contribution in [2.75, 3.05) is 37.7 Å². The van der Waals surface area contributed by atoms with Crippen molar-refractivity contribution in [1.82, 2.24) is 4.90 Å². The van der Waals surface area contributed by atoms with Crippen LogP contribution in [0.2, 0.25) is 0 Å². The largest absolute Gasteiger partial charge is 0.482 e. The fourth-order valence-corrected chi connectivity index (χ4v) is 3.08. The number of benzene rings is 1. The van der Waals surface area contributed by atoms with Crippen molar-refractivity contribution in [2.24, 2.45) is 5.73 Å². The summed E-state index contributed by atoms with van der Waals surface area (Å²) in [7, 11) is 0. The van der Waals surface area contributed by atoms with Crippen LogP contribution in [0, 0.1) is 0 Å². The van der Waals surface area contributed by atoms with Crippen LogP contribution < -0.4 is 15.4 Å². The number of hydrogen-bond acceptors (Lipinski definition) is 5. The van der Waals surface area contributed by atoms with E-state index in [4.69, 9.17) is 10.5 Å². The number of fused-ring (bicyclic) bond motifs is 1. The maximum Gasteiger partial charge on any atom is 0.265 e. The van der Waals surface area contributed by atoms with Crippen LogP contribution in [0.25, 0.3) is 0 Å². The van der Waals surface area contributed by atoms with Crippen LogP contribution in [0.15, 0.2) is 18.2 Å². The molecule has 1 aromatic rings. The minimum Gasteiger partial charge on any atom is -0.482 e. The molecule has 2 aliphatic heterocycles. The molecule has 2 heterocycles. The number of ketones is 1. The lowest BCUT2D eigenvalue weighted by Gasteiger charge is -2.34. The van der Waals surface area contributed by atoms with E-state index >= 15 is 0 Å². The van der Waals surface area contributed by atoms with Gasteiger partial charge in [0.2, 0.25) is 0 Å². The van der Waals surface area contributed by atoms with Gasteiger partial charge in [-0.15, -0.1) is 0 Å². The summed E-state index contributed by atoms with van der Waals surface area (Å²) in [5.41, 5.74) is 7.22. The van der Waals surface area contributed by atoms with Gasteiger partial charge in [-0.3, -0.25) is 9.59 Å². The number of rotatable bonds is 4. The van der Waals surface area contributed by atoms with Gasteiger partial charge in [-0.05, 0) is 51.1 Å². The standard InChI is InChI=1S/C17H23N3O3/c1-12(21)13-2-3-16-15(10-13)20(17(22)11-23-16)9-8-19-6-4-14(18)5-7-19/h2-3,10,14H,4-9,11,18H2,1H3. The number of ether oxygens (including phenoxy) is 1. The molecular weight excluding hydrogens is 294 g/mol. The van der Waals surface area contributed by atoms with Gasteiger partial charge >= 0.3 is 0 Å². The molecule has 124 valence electrons. The molecule has 0 radical (unpaired) electrons. The van der Waals surface area contributed by atoms with Crippen LogP contribution in [0.5, 0.6) is 5.75 Å². The quantitative estimate of drug-likeness (QED) is 0.840. The lowest BCUT2D eigenvalue weighted by molar-refractivity contribution is -0.121. The Hall–Kier alpha value is -1.92. The third-order valence-corrected chi connectivity index (χ3v) is 4.58. The average Bonchev–Trinajstić information content (AvgIpc) is 2.55. The molecule has 2 aliphatic rings. The zero-order chi connectivity index (χ0) is 16.4. The molecule has 2 N–H and O–H groups in total. The molecule has 0 aromatic heterocycles. The molecule has 0 spiro atoms. The number of piperidine rings is 1. The predicted molar refractivity (Wildman–Crippen MR) is 87.9 cm³/mol. The number of nitrogens with two attached hydrogens (primary N) is 1. The van der Waals surface area contributed by atoms with Crippen LogP contribution in [-0.4, -0.2) is 55.4 Å². The minimum atomic E-state index is -0.0630. The van der Waals surface area contributed by atoms with Gasteiger partial charge in [-0.25, -0.2) is 0 Å². The third-order valence-electron chi connectivity index (χ3n) is 4.58. The fourth-order valence-electron chi connectivity index (χ4n) is 3.08. The first kappa shape index (κ1) is 16.0. The molecule has 0 unspecified atom stereocenters. The van der Waals surface area contributed by atoms with Gasteiger partial charge in [0.1, 0.15) is 5.75 Å². The van der Waals surface area contributed by atoms with Gasteiger partial charge in [0.05, 0.1) is 5.69 Å². The average molecular weight is 317 g/mol. The number of amides is 1. The molecule has 0 bridgehead atoms. The molecule has 3 rings (SSSR count). The third kappa shape index (κ3) is 3.54. The molecule has 0 atom stereocenters. The number of carbonyl (C=O) groups is 2. The van der Waals surface area contributed by atoms with Crippen molar-refractivity contribution < 1.29 is 14.3 Å². The Morgan fingerprint density at radius 2 is 2.04 bits per heavy atom. The van der Waals surface area contributed by atoms with Crippen LogP contribution >= 0.6 is 0 Å². The normalized spacial score (nSPS) is 19.4. The second-order valence-electron chi connectivity index (χ2n) is 6.25. The zero-order valence-electron chi connectivity index (χ0n) is 13.5. The van der Waals surface area contributed by atoms with Gasteiger partial charge in [-0.2, -0.15) is 0 Å². The maximum absolute atomic E-state index is 12.2. The number of likely N-dealkylation sites (tertiary alicyclic amines) is 1. The van der Waals surface area contributed by atoms with Gasteiger partial charge in [0, 0.05) is 24.7 Å². The van der Waals surface area contributed by atoms with E-state index in [1.165, 1.54) is 6.92 Å². The van der Waals surface area contributed by atoms with Crippen LogP contribution in [-0.2, 0) is 4.79 Å². The molecule has 0 saturated carbocycles.